The van der Waals surface area contributed by atoms with Crippen molar-refractivity contribution < 1.29 is 9.13 Å². The van der Waals surface area contributed by atoms with Crippen LogP contribution in [0.2, 0.25) is 0 Å². The first-order valence-electron chi connectivity index (χ1n) is 11.5. The Hall–Kier alpha value is -3.22. The summed E-state index contributed by atoms with van der Waals surface area (Å²) < 4.78 is 19.2. The van der Waals surface area contributed by atoms with Gasteiger partial charge in [0.25, 0.3) is 0 Å². The van der Waals surface area contributed by atoms with Gasteiger partial charge in [-0.25, -0.2) is 9.37 Å². The number of hydrogen-bond donors (Lipinski definition) is 2. The van der Waals surface area contributed by atoms with E-state index >= 15 is 0 Å². The zero-order valence-electron chi connectivity index (χ0n) is 18.8. The third-order valence-corrected chi connectivity index (χ3v) is 6.31. The lowest BCUT2D eigenvalue weighted by molar-refractivity contribution is 0.228. The summed E-state index contributed by atoms with van der Waals surface area (Å²) in [5.74, 6) is 1.45. The van der Waals surface area contributed by atoms with Gasteiger partial charge in [0, 0.05) is 6.04 Å². The summed E-state index contributed by atoms with van der Waals surface area (Å²) in [6, 6.07) is 23.0. The summed E-state index contributed by atoms with van der Waals surface area (Å²) in [5.41, 5.74) is 4.03. The lowest BCUT2D eigenvalue weighted by Gasteiger charge is -2.32. The van der Waals surface area contributed by atoms with Crippen LogP contribution < -0.4 is 10.1 Å². The van der Waals surface area contributed by atoms with E-state index in [-0.39, 0.29) is 11.9 Å². The Balaban J connectivity index is 1.40. The van der Waals surface area contributed by atoms with Crippen molar-refractivity contribution in [2.75, 3.05) is 20.1 Å². The molecule has 1 aromatic heterocycles. The van der Waals surface area contributed by atoms with Gasteiger partial charge in [-0.3, -0.25) is 0 Å². The molecule has 1 saturated heterocycles. The third kappa shape index (κ3) is 5.24. The number of fused-ring (bicyclic) bond motifs is 1. The van der Waals surface area contributed by atoms with Crippen LogP contribution in [-0.2, 0) is 6.61 Å². The molecule has 1 atom stereocenters. The Kier molecular flexibility index (Phi) is 6.37. The molecule has 1 fully saturated rings. The van der Waals surface area contributed by atoms with Crippen molar-refractivity contribution in [2.45, 2.75) is 31.5 Å². The number of rotatable bonds is 7. The van der Waals surface area contributed by atoms with Crippen LogP contribution in [-0.4, -0.2) is 41.0 Å². The summed E-state index contributed by atoms with van der Waals surface area (Å²) in [4.78, 5) is 10.8. The molecule has 0 bridgehead atoms. The summed E-state index contributed by atoms with van der Waals surface area (Å²) in [6.07, 6.45) is 2.21. The molecule has 1 unspecified atom stereocenters. The fourth-order valence-corrected chi connectivity index (χ4v) is 4.38. The van der Waals surface area contributed by atoms with Crippen molar-refractivity contribution >= 4 is 11.0 Å². The second-order valence-corrected chi connectivity index (χ2v) is 8.80. The Morgan fingerprint density at radius 2 is 1.85 bits per heavy atom. The predicted molar refractivity (Wildman–Crippen MR) is 129 cm³/mol. The van der Waals surface area contributed by atoms with Crippen molar-refractivity contribution in [1.82, 2.24) is 20.2 Å². The molecule has 170 valence electrons. The molecule has 1 aliphatic heterocycles. The number of likely N-dealkylation sites (tertiary alicyclic amines) is 1. The third-order valence-electron chi connectivity index (χ3n) is 6.31. The number of nitrogens with one attached hydrogen (secondary N) is 2. The number of nitrogens with zero attached hydrogens (tertiary/aromatic N) is 2. The molecule has 6 heteroatoms. The van der Waals surface area contributed by atoms with E-state index in [0.29, 0.717) is 12.6 Å². The zero-order valence-corrected chi connectivity index (χ0v) is 18.8. The average molecular weight is 445 g/mol. The van der Waals surface area contributed by atoms with Crippen molar-refractivity contribution in [2.24, 2.45) is 0 Å². The normalized spacial score (nSPS) is 16.2. The van der Waals surface area contributed by atoms with Gasteiger partial charge in [-0.2, -0.15) is 0 Å². The number of H-pyrrole nitrogens is 1. The van der Waals surface area contributed by atoms with Gasteiger partial charge in [0.15, 0.2) is 0 Å². The molecule has 0 aliphatic carbocycles. The molecular formula is C27H29FN4O. The first-order valence-corrected chi connectivity index (χ1v) is 11.5. The minimum atomic E-state index is -0.241. The van der Waals surface area contributed by atoms with E-state index < -0.39 is 0 Å². The van der Waals surface area contributed by atoms with Crippen molar-refractivity contribution in [3.05, 3.63) is 95.6 Å². The molecule has 3 aromatic carbocycles. The molecule has 5 rings (SSSR count). The Morgan fingerprint density at radius 1 is 1.06 bits per heavy atom. The maximum Gasteiger partial charge on any atom is 0.129 e. The van der Waals surface area contributed by atoms with Gasteiger partial charge in [0.2, 0.25) is 0 Å². The number of benzene rings is 3. The highest BCUT2D eigenvalue weighted by molar-refractivity contribution is 5.75. The van der Waals surface area contributed by atoms with E-state index in [9.17, 15) is 4.39 Å². The molecule has 4 aromatic rings. The predicted octanol–water partition coefficient (Wildman–Crippen LogP) is 5.05. The summed E-state index contributed by atoms with van der Waals surface area (Å²) >= 11 is 0. The Bertz CT molecular complexity index is 1170. The first kappa shape index (κ1) is 21.6. The SMILES string of the molecule is CN1CCC(NC(c2cccc(OCc3ccc(F)cc3)c2)c2nc3ccccc3[nH]2)CC1. The number of piperidine rings is 1. The zero-order chi connectivity index (χ0) is 22.6. The van der Waals surface area contributed by atoms with E-state index in [2.05, 4.69) is 40.4 Å². The van der Waals surface area contributed by atoms with Crippen molar-refractivity contribution in [3.8, 4) is 5.75 Å². The van der Waals surface area contributed by atoms with Crippen LogP contribution in [0.3, 0.4) is 0 Å². The number of hydrogen-bond acceptors (Lipinski definition) is 4. The Labute approximate surface area is 193 Å². The van der Waals surface area contributed by atoms with E-state index in [4.69, 9.17) is 9.72 Å². The molecule has 0 spiro atoms. The highest BCUT2D eigenvalue weighted by atomic mass is 19.1. The van der Waals surface area contributed by atoms with Crippen LogP contribution in [0, 0.1) is 5.82 Å². The average Bonchev–Trinajstić information content (AvgIpc) is 3.27. The van der Waals surface area contributed by atoms with Crippen LogP contribution >= 0.6 is 0 Å². The quantitative estimate of drug-likeness (QED) is 0.419. The minimum absolute atomic E-state index is 0.0693. The van der Waals surface area contributed by atoms with Gasteiger partial charge in [-0.1, -0.05) is 36.4 Å². The van der Waals surface area contributed by atoms with Gasteiger partial charge in [0.1, 0.15) is 24.0 Å². The Morgan fingerprint density at radius 3 is 2.64 bits per heavy atom. The second kappa shape index (κ2) is 9.73. The van der Waals surface area contributed by atoms with E-state index in [1.54, 1.807) is 12.1 Å². The number of para-hydroxylation sites is 2. The van der Waals surface area contributed by atoms with Gasteiger partial charge >= 0.3 is 0 Å². The maximum atomic E-state index is 13.2. The topological polar surface area (TPSA) is 53.2 Å². The fourth-order valence-electron chi connectivity index (χ4n) is 4.38. The number of aromatic amines is 1. The number of halogens is 1. The van der Waals surface area contributed by atoms with Crippen LogP contribution in [0.4, 0.5) is 4.39 Å². The minimum Gasteiger partial charge on any atom is -0.489 e. The van der Waals surface area contributed by atoms with Crippen molar-refractivity contribution in [3.63, 3.8) is 0 Å². The maximum absolute atomic E-state index is 13.2. The second-order valence-electron chi connectivity index (χ2n) is 8.80. The van der Waals surface area contributed by atoms with Gasteiger partial charge in [-0.05, 0) is 80.5 Å². The highest BCUT2D eigenvalue weighted by Gasteiger charge is 2.24. The molecule has 2 heterocycles. The molecule has 0 saturated carbocycles. The standard InChI is InChI=1S/C27H29FN4O/c1-32-15-13-22(14-16-32)29-26(27-30-24-7-2-3-8-25(24)31-27)20-5-4-6-23(17-20)33-18-19-9-11-21(28)12-10-19/h2-12,17,22,26,29H,13-16,18H2,1H3,(H,30,31). The van der Waals surface area contributed by atoms with Crippen LogP contribution in [0.1, 0.15) is 35.8 Å². The first-order chi connectivity index (χ1) is 16.1. The van der Waals surface area contributed by atoms with Crippen LogP contribution in [0.5, 0.6) is 5.75 Å². The van der Waals surface area contributed by atoms with Crippen LogP contribution in [0.25, 0.3) is 11.0 Å². The van der Waals surface area contributed by atoms with E-state index in [0.717, 1.165) is 59.7 Å². The molecule has 33 heavy (non-hydrogen) atoms. The molecular weight excluding hydrogens is 415 g/mol. The molecule has 2 N–H and O–H groups in total. The van der Waals surface area contributed by atoms with E-state index in [1.165, 1.54) is 12.1 Å². The van der Waals surface area contributed by atoms with Gasteiger partial charge in [-0.15, -0.1) is 0 Å². The smallest absolute Gasteiger partial charge is 0.129 e. The van der Waals surface area contributed by atoms with Gasteiger partial charge in [0.05, 0.1) is 17.1 Å². The highest BCUT2D eigenvalue weighted by Crippen LogP contribution is 2.27. The summed E-state index contributed by atoms with van der Waals surface area (Å²) in [7, 11) is 2.18. The lowest BCUT2D eigenvalue weighted by atomic mass is 10.0. The fraction of sp³-hybridized carbons (Fsp3) is 0.296. The lowest BCUT2D eigenvalue weighted by Crippen LogP contribution is -2.42. The summed E-state index contributed by atoms with van der Waals surface area (Å²) in [5, 5.41) is 3.86. The molecule has 0 radical (unpaired) electrons. The number of imidazole rings is 1. The summed E-state index contributed by atoms with van der Waals surface area (Å²) in [6.45, 7) is 2.57. The van der Waals surface area contributed by atoms with Gasteiger partial charge < -0.3 is 19.9 Å². The van der Waals surface area contributed by atoms with Crippen molar-refractivity contribution in [1.29, 1.82) is 0 Å². The number of aromatic nitrogens is 2. The monoisotopic (exact) mass is 444 g/mol. The number of ether oxygens (including phenoxy) is 1. The molecule has 5 nitrogen and oxygen atoms in total. The largest absolute Gasteiger partial charge is 0.489 e. The van der Waals surface area contributed by atoms with Crippen LogP contribution in [0.15, 0.2) is 72.8 Å². The van der Waals surface area contributed by atoms with E-state index in [1.807, 2.05) is 30.3 Å². The molecule has 1 aliphatic rings. The molecule has 0 amide bonds.